The average molecular weight is 312 g/mol. The van der Waals surface area contributed by atoms with Gasteiger partial charge in [-0.2, -0.15) is 11.8 Å². The van der Waals surface area contributed by atoms with Gasteiger partial charge in [-0.1, -0.05) is 74.5 Å². The van der Waals surface area contributed by atoms with Crippen molar-refractivity contribution in [2.45, 2.75) is 37.2 Å². The van der Waals surface area contributed by atoms with Crippen molar-refractivity contribution in [1.29, 1.82) is 0 Å². The van der Waals surface area contributed by atoms with E-state index in [1.54, 1.807) is 0 Å². The Balaban J connectivity index is 2.19. The third-order valence-corrected chi connectivity index (χ3v) is 6.30. The fourth-order valence-corrected chi connectivity index (χ4v) is 4.94. The van der Waals surface area contributed by atoms with Crippen LogP contribution < -0.4 is 0 Å². The molecule has 1 fully saturated rings. The molecule has 0 amide bonds. The van der Waals surface area contributed by atoms with E-state index < -0.39 is 0 Å². The van der Waals surface area contributed by atoms with Crippen LogP contribution in [0.2, 0.25) is 0 Å². The molecule has 2 aromatic carbocycles. The summed E-state index contributed by atoms with van der Waals surface area (Å²) in [5, 5.41) is 0. The highest BCUT2D eigenvalue weighted by Gasteiger charge is 2.66. The number of thioether (sulfide) groups is 1. The van der Waals surface area contributed by atoms with Crippen molar-refractivity contribution in [3.8, 4) is 0 Å². The Hall–Kier alpha value is -1.25. The van der Waals surface area contributed by atoms with Gasteiger partial charge in [0.05, 0.1) is 10.9 Å². The maximum atomic E-state index is 6.65. The molecule has 0 aliphatic carbocycles. The summed E-state index contributed by atoms with van der Waals surface area (Å²) in [7, 11) is 0. The quantitative estimate of drug-likeness (QED) is 0.776. The van der Waals surface area contributed by atoms with Gasteiger partial charge >= 0.3 is 0 Å². The fraction of sp³-hybridized carbons (Fsp3) is 0.400. The lowest BCUT2D eigenvalue weighted by molar-refractivity contribution is -0.234. The highest BCUT2D eigenvalue weighted by Crippen LogP contribution is 2.61. The van der Waals surface area contributed by atoms with Crippen molar-refractivity contribution < 1.29 is 4.74 Å². The average Bonchev–Trinajstić information content (AvgIpc) is 2.55. The summed E-state index contributed by atoms with van der Waals surface area (Å²) in [6, 6.07) is 21.3. The minimum atomic E-state index is -0.371. The summed E-state index contributed by atoms with van der Waals surface area (Å²) >= 11 is 1.92. The summed E-state index contributed by atoms with van der Waals surface area (Å²) in [4.78, 5) is 0. The van der Waals surface area contributed by atoms with Crippen molar-refractivity contribution in [3.63, 3.8) is 0 Å². The molecule has 2 atom stereocenters. The molecule has 1 heterocycles. The zero-order valence-electron chi connectivity index (χ0n) is 13.7. The zero-order valence-corrected chi connectivity index (χ0v) is 14.6. The SMILES string of the molecule is CSC1(C)C(C(C)C)OC1(c1ccccc1)c1ccccc1. The van der Waals surface area contributed by atoms with Crippen molar-refractivity contribution in [1.82, 2.24) is 0 Å². The van der Waals surface area contributed by atoms with E-state index in [-0.39, 0.29) is 16.5 Å². The minimum absolute atomic E-state index is 0.0177. The van der Waals surface area contributed by atoms with E-state index in [2.05, 4.69) is 87.7 Å². The number of hydrogen-bond donors (Lipinski definition) is 0. The van der Waals surface area contributed by atoms with Crippen LogP contribution in [-0.4, -0.2) is 17.1 Å². The topological polar surface area (TPSA) is 9.23 Å². The third kappa shape index (κ3) is 2.04. The first-order valence-corrected chi connectivity index (χ1v) is 9.13. The molecule has 0 saturated carbocycles. The van der Waals surface area contributed by atoms with Crippen LogP contribution >= 0.6 is 11.8 Å². The van der Waals surface area contributed by atoms with Crippen LogP contribution in [0.3, 0.4) is 0 Å². The number of ether oxygens (including phenoxy) is 1. The smallest absolute Gasteiger partial charge is 0.135 e. The Morgan fingerprint density at radius 1 is 0.909 bits per heavy atom. The molecule has 22 heavy (non-hydrogen) atoms. The highest BCUT2D eigenvalue weighted by molar-refractivity contribution is 8.00. The fourth-order valence-electron chi connectivity index (χ4n) is 3.82. The summed E-state index contributed by atoms with van der Waals surface area (Å²) in [5.41, 5.74) is 2.12. The number of rotatable bonds is 4. The van der Waals surface area contributed by atoms with Gasteiger partial charge in [-0.3, -0.25) is 0 Å². The van der Waals surface area contributed by atoms with E-state index >= 15 is 0 Å². The first-order valence-electron chi connectivity index (χ1n) is 7.90. The molecule has 0 bridgehead atoms. The van der Waals surface area contributed by atoms with Gasteiger partial charge in [0.1, 0.15) is 5.60 Å². The maximum Gasteiger partial charge on any atom is 0.135 e. The molecule has 2 unspecified atom stereocenters. The molecule has 3 rings (SSSR count). The van der Waals surface area contributed by atoms with Crippen molar-refractivity contribution >= 4 is 11.8 Å². The molecule has 116 valence electrons. The van der Waals surface area contributed by atoms with Gasteiger partial charge in [0, 0.05) is 0 Å². The van der Waals surface area contributed by atoms with Gasteiger partial charge < -0.3 is 4.74 Å². The Morgan fingerprint density at radius 3 is 1.73 bits per heavy atom. The highest BCUT2D eigenvalue weighted by atomic mass is 32.2. The Kier molecular flexibility index (Phi) is 4.09. The van der Waals surface area contributed by atoms with Crippen molar-refractivity contribution in [2.24, 2.45) is 5.92 Å². The Labute approximate surface area is 138 Å². The van der Waals surface area contributed by atoms with Gasteiger partial charge in [-0.15, -0.1) is 0 Å². The summed E-state index contributed by atoms with van der Waals surface area (Å²) < 4.78 is 6.66. The Bertz CT molecular complexity index is 583. The van der Waals surface area contributed by atoms with Crippen molar-refractivity contribution in [2.75, 3.05) is 6.26 Å². The first kappa shape index (κ1) is 15.6. The lowest BCUT2D eigenvalue weighted by Crippen LogP contribution is -2.70. The van der Waals surface area contributed by atoms with Crippen LogP contribution in [0.4, 0.5) is 0 Å². The van der Waals surface area contributed by atoms with E-state index in [9.17, 15) is 0 Å². The molecule has 0 aromatic heterocycles. The van der Waals surface area contributed by atoms with E-state index in [0.717, 1.165) is 0 Å². The predicted octanol–water partition coefficient (Wildman–Crippen LogP) is 5.11. The van der Waals surface area contributed by atoms with Crippen LogP contribution in [0, 0.1) is 5.92 Å². The largest absolute Gasteiger partial charge is 0.359 e. The van der Waals surface area contributed by atoms with Gasteiger partial charge in [-0.05, 0) is 30.2 Å². The van der Waals surface area contributed by atoms with E-state index in [0.29, 0.717) is 5.92 Å². The van der Waals surface area contributed by atoms with Gasteiger partial charge in [0.25, 0.3) is 0 Å². The van der Waals surface area contributed by atoms with E-state index in [4.69, 9.17) is 4.74 Å². The second-order valence-electron chi connectivity index (χ2n) is 6.51. The van der Waals surface area contributed by atoms with Crippen LogP contribution in [0.5, 0.6) is 0 Å². The van der Waals surface area contributed by atoms with Crippen LogP contribution in [0.15, 0.2) is 60.7 Å². The number of benzene rings is 2. The third-order valence-electron chi connectivity index (χ3n) is 4.94. The molecule has 1 aliphatic rings. The molecule has 0 spiro atoms. The van der Waals surface area contributed by atoms with Crippen LogP contribution in [0.25, 0.3) is 0 Å². The molecule has 0 radical (unpaired) electrons. The maximum absolute atomic E-state index is 6.65. The van der Waals surface area contributed by atoms with Gasteiger partial charge in [0.15, 0.2) is 0 Å². The van der Waals surface area contributed by atoms with Crippen LogP contribution in [-0.2, 0) is 10.3 Å². The standard InChI is InChI=1S/C20H24OS/c1-15(2)18-19(3,22-4)20(21-18,16-11-7-5-8-12-16)17-13-9-6-10-14-17/h5-15,18H,1-4H3. The number of hydrogen-bond acceptors (Lipinski definition) is 2. The van der Waals surface area contributed by atoms with Crippen LogP contribution in [0.1, 0.15) is 31.9 Å². The normalized spacial score (nSPS) is 26.7. The molecular formula is C20H24OS. The first-order chi connectivity index (χ1) is 10.6. The van der Waals surface area contributed by atoms with E-state index in [1.807, 2.05) is 11.8 Å². The summed E-state index contributed by atoms with van der Waals surface area (Å²) in [6.45, 7) is 6.85. The molecule has 1 aliphatic heterocycles. The molecule has 2 heteroatoms. The molecular weight excluding hydrogens is 288 g/mol. The van der Waals surface area contributed by atoms with E-state index in [1.165, 1.54) is 11.1 Å². The minimum Gasteiger partial charge on any atom is -0.359 e. The molecule has 2 aromatic rings. The zero-order chi connectivity index (χ0) is 15.8. The molecule has 0 N–H and O–H groups in total. The molecule has 1 saturated heterocycles. The second kappa shape index (κ2) is 5.75. The predicted molar refractivity (Wildman–Crippen MR) is 95.3 cm³/mol. The van der Waals surface area contributed by atoms with Gasteiger partial charge in [-0.25, -0.2) is 0 Å². The monoisotopic (exact) mass is 312 g/mol. The Morgan fingerprint density at radius 2 is 1.36 bits per heavy atom. The summed E-state index contributed by atoms with van der Waals surface area (Å²) in [6.07, 6.45) is 2.46. The second-order valence-corrected chi connectivity index (χ2v) is 7.76. The van der Waals surface area contributed by atoms with Gasteiger partial charge in [0.2, 0.25) is 0 Å². The lowest BCUT2D eigenvalue weighted by atomic mass is 9.66. The van der Waals surface area contributed by atoms with Crippen molar-refractivity contribution in [3.05, 3.63) is 71.8 Å². The summed E-state index contributed by atoms with van der Waals surface area (Å²) in [5.74, 6) is 0.498. The lowest BCUT2D eigenvalue weighted by Gasteiger charge is -2.63. The molecule has 1 nitrogen and oxygen atoms in total.